The summed E-state index contributed by atoms with van der Waals surface area (Å²) in [6, 6.07) is 13.6. The molecule has 6 aromatic rings. The lowest BCUT2D eigenvalue weighted by Crippen LogP contribution is -2.11. The van der Waals surface area contributed by atoms with Gasteiger partial charge in [0.05, 0.1) is 46.2 Å². The minimum absolute atomic E-state index is 0.0142. The van der Waals surface area contributed by atoms with E-state index in [1.54, 1.807) is 24.8 Å². The summed E-state index contributed by atoms with van der Waals surface area (Å²) in [4.78, 5) is 33.7. The summed E-state index contributed by atoms with van der Waals surface area (Å²) in [5.74, 6) is -0.0142. The number of hydrogen-bond acceptors (Lipinski definition) is 6. The van der Waals surface area contributed by atoms with E-state index in [4.69, 9.17) is 4.98 Å². The number of carbonyl (C=O) groups is 1. The first-order chi connectivity index (χ1) is 18.2. The molecule has 0 aromatic carbocycles. The molecule has 0 saturated carbocycles. The number of rotatable bonds is 7. The normalized spacial score (nSPS) is 11.3. The van der Waals surface area contributed by atoms with Crippen molar-refractivity contribution in [2.45, 2.75) is 26.2 Å². The van der Waals surface area contributed by atoms with Gasteiger partial charge in [-0.1, -0.05) is 19.4 Å². The number of aromatic nitrogens is 7. The number of unbranched alkanes of at least 4 members (excludes halogenated alkanes) is 1. The summed E-state index contributed by atoms with van der Waals surface area (Å²) in [7, 11) is 0. The largest absolute Gasteiger partial charge is 0.352 e. The van der Waals surface area contributed by atoms with E-state index in [1.807, 2.05) is 42.6 Å². The van der Waals surface area contributed by atoms with Gasteiger partial charge in [-0.2, -0.15) is 5.10 Å². The maximum atomic E-state index is 12.2. The SMILES string of the molecule is CCCCC(=O)Nc1cncc(-c2ccc3[nH]nc(-c4cc5c(-c6ccccn6)cncc5[nH]4)c3n2)c1. The molecule has 37 heavy (non-hydrogen) atoms. The zero-order valence-corrected chi connectivity index (χ0v) is 20.2. The second-order valence-corrected chi connectivity index (χ2v) is 8.83. The fourth-order valence-corrected chi connectivity index (χ4v) is 4.36. The zero-order valence-electron chi connectivity index (χ0n) is 20.2. The number of hydrogen-bond donors (Lipinski definition) is 3. The van der Waals surface area contributed by atoms with Gasteiger partial charge in [-0.15, -0.1) is 0 Å². The van der Waals surface area contributed by atoms with Crippen molar-refractivity contribution in [2.75, 3.05) is 5.32 Å². The third kappa shape index (κ3) is 4.42. The molecular formula is C28H24N8O. The lowest BCUT2D eigenvalue weighted by atomic mass is 10.1. The fraction of sp³-hybridized carbons (Fsp3) is 0.143. The van der Waals surface area contributed by atoms with Gasteiger partial charge in [0.15, 0.2) is 0 Å². The van der Waals surface area contributed by atoms with Gasteiger partial charge in [0.1, 0.15) is 11.2 Å². The molecule has 9 nitrogen and oxygen atoms in total. The highest BCUT2D eigenvalue weighted by Gasteiger charge is 2.16. The molecule has 6 rings (SSSR count). The van der Waals surface area contributed by atoms with Crippen molar-refractivity contribution in [1.29, 1.82) is 0 Å². The monoisotopic (exact) mass is 488 g/mol. The lowest BCUT2D eigenvalue weighted by Gasteiger charge is -2.07. The Morgan fingerprint density at radius 3 is 2.76 bits per heavy atom. The van der Waals surface area contributed by atoms with E-state index in [1.165, 1.54) is 0 Å². The average Bonchev–Trinajstić information content (AvgIpc) is 3.56. The van der Waals surface area contributed by atoms with Crippen LogP contribution in [0.4, 0.5) is 5.69 Å². The molecule has 0 atom stereocenters. The highest BCUT2D eigenvalue weighted by molar-refractivity contribution is 5.99. The Kier molecular flexibility index (Phi) is 5.86. The van der Waals surface area contributed by atoms with E-state index >= 15 is 0 Å². The van der Waals surface area contributed by atoms with E-state index in [9.17, 15) is 4.79 Å². The van der Waals surface area contributed by atoms with Gasteiger partial charge in [0.2, 0.25) is 5.91 Å². The van der Waals surface area contributed by atoms with Crippen LogP contribution in [0.2, 0.25) is 0 Å². The molecule has 3 N–H and O–H groups in total. The Bertz CT molecular complexity index is 1720. The second-order valence-electron chi connectivity index (χ2n) is 8.83. The maximum Gasteiger partial charge on any atom is 0.224 e. The quantitative estimate of drug-likeness (QED) is 0.263. The van der Waals surface area contributed by atoms with Crippen LogP contribution in [-0.4, -0.2) is 41.0 Å². The van der Waals surface area contributed by atoms with Crippen molar-refractivity contribution in [1.82, 2.24) is 35.1 Å². The van der Waals surface area contributed by atoms with Gasteiger partial charge < -0.3 is 10.3 Å². The number of fused-ring (bicyclic) bond motifs is 2. The summed E-state index contributed by atoms with van der Waals surface area (Å²) < 4.78 is 0. The van der Waals surface area contributed by atoms with Crippen molar-refractivity contribution in [3.05, 3.63) is 73.4 Å². The molecule has 0 bridgehead atoms. The molecule has 1 amide bonds. The molecule has 0 aliphatic carbocycles. The van der Waals surface area contributed by atoms with Crippen molar-refractivity contribution in [2.24, 2.45) is 0 Å². The first kappa shape index (κ1) is 22.5. The van der Waals surface area contributed by atoms with Crippen LogP contribution in [-0.2, 0) is 4.79 Å². The van der Waals surface area contributed by atoms with Crippen LogP contribution in [0.15, 0.2) is 73.4 Å². The lowest BCUT2D eigenvalue weighted by molar-refractivity contribution is -0.116. The molecule has 0 radical (unpaired) electrons. The van der Waals surface area contributed by atoms with Gasteiger partial charge in [-0.25, -0.2) is 4.98 Å². The number of nitrogens with zero attached hydrogens (tertiary/aromatic N) is 5. The number of H-pyrrole nitrogens is 2. The maximum absolute atomic E-state index is 12.2. The van der Waals surface area contributed by atoms with Crippen LogP contribution in [0.1, 0.15) is 26.2 Å². The number of amides is 1. The van der Waals surface area contributed by atoms with Gasteiger partial charge in [0, 0.05) is 41.5 Å². The number of anilines is 1. The molecule has 0 unspecified atom stereocenters. The molecule has 9 heteroatoms. The highest BCUT2D eigenvalue weighted by Crippen LogP contribution is 2.33. The summed E-state index contributed by atoms with van der Waals surface area (Å²) in [6.45, 7) is 2.06. The molecule has 182 valence electrons. The summed E-state index contributed by atoms with van der Waals surface area (Å²) in [5, 5.41) is 11.6. The van der Waals surface area contributed by atoms with Crippen molar-refractivity contribution in [3.8, 4) is 33.9 Å². The summed E-state index contributed by atoms with van der Waals surface area (Å²) in [5.41, 5.74) is 7.96. The van der Waals surface area contributed by atoms with Gasteiger partial charge in [-0.05, 0) is 42.8 Å². The Balaban J connectivity index is 1.37. The second kappa shape index (κ2) is 9.62. The average molecular weight is 489 g/mol. The fourth-order valence-electron chi connectivity index (χ4n) is 4.36. The minimum atomic E-state index is -0.0142. The predicted molar refractivity (Wildman–Crippen MR) is 144 cm³/mol. The molecule has 0 fully saturated rings. The number of nitrogens with one attached hydrogen (secondary N) is 3. The van der Waals surface area contributed by atoms with Crippen LogP contribution in [0.5, 0.6) is 0 Å². The smallest absolute Gasteiger partial charge is 0.224 e. The van der Waals surface area contributed by atoms with Crippen molar-refractivity contribution < 1.29 is 4.79 Å². The first-order valence-electron chi connectivity index (χ1n) is 12.2. The van der Waals surface area contributed by atoms with Crippen LogP contribution in [0.3, 0.4) is 0 Å². The molecule has 0 aliphatic heterocycles. The zero-order chi connectivity index (χ0) is 25.2. The van der Waals surface area contributed by atoms with E-state index in [2.05, 4.69) is 48.4 Å². The molecular weight excluding hydrogens is 464 g/mol. The number of carbonyl (C=O) groups excluding carboxylic acids is 1. The van der Waals surface area contributed by atoms with E-state index in [0.717, 1.165) is 63.0 Å². The minimum Gasteiger partial charge on any atom is -0.352 e. The molecule has 0 spiro atoms. The van der Waals surface area contributed by atoms with Crippen LogP contribution >= 0.6 is 0 Å². The molecule has 0 saturated heterocycles. The van der Waals surface area contributed by atoms with Crippen molar-refractivity contribution >= 4 is 33.5 Å². The topological polar surface area (TPSA) is 125 Å². The Labute approximate surface area is 212 Å². The van der Waals surface area contributed by atoms with Crippen LogP contribution < -0.4 is 5.32 Å². The number of aromatic amines is 2. The van der Waals surface area contributed by atoms with E-state index < -0.39 is 0 Å². The Hall–Kier alpha value is -4.92. The third-order valence-corrected chi connectivity index (χ3v) is 6.22. The Morgan fingerprint density at radius 1 is 0.973 bits per heavy atom. The first-order valence-corrected chi connectivity index (χ1v) is 12.2. The molecule has 6 aromatic heterocycles. The molecule has 0 aliphatic rings. The van der Waals surface area contributed by atoms with E-state index in [-0.39, 0.29) is 5.91 Å². The van der Waals surface area contributed by atoms with E-state index in [0.29, 0.717) is 17.8 Å². The standard InChI is InChI=1S/C28H24N8O/c1-2-3-7-26(37)32-18-11-17(13-29-14-18)21-8-9-23-27(34-21)28(36-35-23)24-12-19-20(15-30-16-25(19)33-24)22-6-4-5-10-31-22/h4-6,8-16,33H,2-3,7H2,1H3,(H,32,37)(H,35,36). The number of pyridine rings is 4. The highest BCUT2D eigenvalue weighted by atomic mass is 16.1. The van der Waals surface area contributed by atoms with Crippen LogP contribution in [0.25, 0.3) is 55.8 Å². The third-order valence-electron chi connectivity index (χ3n) is 6.22. The van der Waals surface area contributed by atoms with Crippen molar-refractivity contribution in [3.63, 3.8) is 0 Å². The molecule has 6 heterocycles. The Morgan fingerprint density at radius 2 is 1.89 bits per heavy atom. The summed E-state index contributed by atoms with van der Waals surface area (Å²) in [6.07, 6.45) is 11.1. The van der Waals surface area contributed by atoms with Gasteiger partial charge in [0.25, 0.3) is 0 Å². The predicted octanol–water partition coefficient (Wildman–Crippen LogP) is 5.75. The van der Waals surface area contributed by atoms with Crippen LogP contribution in [0, 0.1) is 0 Å². The van der Waals surface area contributed by atoms with Gasteiger partial charge in [-0.3, -0.25) is 24.8 Å². The summed E-state index contributed by atoms with van der Waals surface area (Å²) >= 11 is 0. The van der Waals surface area contributed by atoms with Gasteiger partial charge >= 0.3 is 0 Å².